The summed E-state index contributed by atoms with van der Waals surface area (Å²) in [5.74, 6) is 0. The topological polar surface area (TPSA) is 112 Å². The normalized spacial score (nSPS) is 18.5. The van der Waals surface area contributed by atoms with Crippen molar-refractivity contribution in [1.29, 1.82) is 5.26 Å². The van der Waals surface area contributed by atoms with Gasteiger partial charge in [0.25, 0.3) is 10.2 Å². The number of hydrogen-bond acceptors (Lipinski definition) is 5. The van der Waals surface area contributed by atoms with Gasteiger partial charge < -0.3 is 4.90 Å². The lowest BCUT2D eigenvalue weighted by Gasteiger charge is -2.25. The van der Waals surface area contributed by atoms with E-state index in [0.717, 1.165) is 47.1 Å². The van der Waals surface area contributed by atoms with Crippen LogP contribution in [0, 0.1) is 25.2 Å². The van der Waals surface area contributed by atoms with Crippen LogP contribution in [0.5, 0.6) is 0 Å². The Morgan fingerprint density at radius 1 is 1.27 bits per heavy atom. The number of benzene rings is 1. The first-order valence-electron chi connectivity index (χ1n) is 8.63. The molecule has 1 atom stereocenters. The zero-order valence-corrected chi connectivity index (χ0v) is 15.8. The molecule has 3 rings (SSSR count). The van der Waals surface area contributed by atoms with Gasteiger partial charge in [-0.1, -0.05) is 0 Å². The molecule has 2 heterocycles. The predicted molar refractivity (Wildman–Crippen MR) is 102 cm³/mol. The summed E-state index contributed by atoms with van der Waals surface area (Å²) in [5.41, 5.74) is 4.61. The van der Waals surface area contributed by atoms with E-state index in [2.05, 4.69) is 26.7 Å². The maximum absolute atomic E-state index is 11.3. The summed E-state index contributed by atoms with van der Waals surface area (Å²) in [5, 5.41) is 15.7. The van der Waals surface area contributed by atoms with Crippen molar-refractivity contribution < 1.29 is 8.42 Å². The van der Waals surface area contributed by atoms with Gasteiger partial charge in [-0.05, 0) is 56.4 Å². The minimum Gasteiger partial charge on any atom is -0.370 e. The van der Waals surface area contributed by atoms with Crippen molar-refractivity contribution in [1.82, 2.24) is 9.71 Å². The number of aromatic nitrogens is 1. The molecule has 138 valence electrons. The third kappa shape index (κ3) is 3.96. The lowest BCUT2D eigenvalue weighted by atomic mass is 10.0. The van der Waals surface area contributed by atoms with Crippen LogP contribution < -0.4 is 14.8 Å². The molecule has 0 bridgehead atoms. The highest BCUT2D eigenvalue weighted by molar-refractivity contribution is 7.87. The number of anilines is 1. The summed E-state index contributed by atoms with van der Waals surface area (Å²) in [4.78, 5) is 6.61. The van der Waals surface area contributed by atoms with Crippen molar-refractivity contribution in [2.24, 2.45) is 5.14 Å². The average molecular weight is 373 g/mol. The fourth-order valence-electron chi connectivity index (χ4n) is 3.53. The molecule has 3 N–H and O–H groups in total. The number of fused-ring (bicyclic) bond motifs is 1. The summed E-state index contributed by atoms with van der Waals surface area (Å²) in [6.45, 7) is 5.49. The lowest BCUT2D eigenvalue weighted by Crippen LogP contribution is -2.39. The third-order valence-electron chi connectivity index (χ3n) is 4.95. The van der Waals surface area contributed by atoms with E-state index in [0.29, 0.717) is 18.5 Å². The van der Waals surface area contributed by atoms with Gasteiger partial charge in [-0.25, -0.2) is 5.14 Å². The lowest BCUT2D eigenvalue weighted by molar-refractivity contribution is 0.520. The van der Waals surface area contributed by atoms with E-state index in [4.69, 9.17) is 5.14 Å². The van der Waals surface area contributed by atoms with Crippen LogP contribution in [0.25, 0.3) is 10.9 Å². The number of aryl methyl sites for hydroxylation is 2. The van der Waals surface area contributed by atoms with Gasteiger partial charge >= 0.3 is 0 Å². The largest absolute Gasteiger partial charge is 0.370 e. The number of nitrogens with one attached hydrogen (secondary N) is 1. The Hall–Kier alpha value is -2.21. The van der Waals surface area contributed by atoms with E-state index in [9.17, 15) is 13.7 Å². The Kier molecular flexibility index (Phi) is 5.14. The molecule has 1 aromatic carbocycles. The molecule has 1 aliphatic heterocycles. The Bertz CT molecular complexity index is 981. The standard InChI is InChI=1S/C18H23N5O2S/c1-12-8-16-17(9-13(12)2)21-11-14(10-19)18(16)23-6-3-4-15(5-7-23)22-26(20,24)25/h8-9,11,15,22H,3-7H2,1-2H3,(H2,20,24,25). The quantitative estimate of drug-likeness (QED) is 0.853. The first kappa shape index (κ1) is 18.6. The highest BCUT2D eigenvalue weighted by Gasteiger charge is 2.23. The molecular formula is C18H23N5O2S. The summed E-state index contributed by atoms with van der Waals surface area (Å²) >= 11 is 0. The van der Waals surface area contributed by atoms with Crippen molar-refractivity contribution in [2.45, 2.75) is 39.2 Å². The monoisotopic (exact) mass is 373 g/mol. The second-order valence-corrected chi connectivity index (χ2v) is 8.19. The predicted octanol–water partition coefficient (Wildman–Crippen LogP) is 1.88. The van der Waals surface area contributed by atoms with Crippen molar-refractivity contribution >= 4 is 26.8 Å². The van der Waals surface area contributed by atoms with Crippen molar-refractivity contribution in [3.05, 3.63) is 35.0 Å². The Balaban J connectivity index is 1.99. The number of nitrogens with zero attached hydrogens (tertiary/aromatic N) is 3. The van der Waals surface area contributed by atoms with E-state index < -0.39 is 10.2 Å². The maximum atomic E-state index is 11.3. The van der Waals surface area contributed by atoms with Gasteiger partial charge in [0.15, 0.2) is 0 Å². The number of rotatable bonds is 3. The van der Waals surface area contributed by atoms with Gasteiger partial charge in [0, 0.05) is 30.7 Å². The second kappa shape index (κ2) is 7.19. The molecule has 2 aromatic rings. The smallest absolute Gasteiger partial charge is 0.274 e. The summed E-state index contributed by atoms with van der Waals surface area (Å²) < 4.78 is 25.1. The minimum absolute atomic E-state index is 0.183. The maximum Gasteiger partial charge on any atom is 0.274 e. The molecule has 26 heavy (non-hydrogen) atoms. The summed E-state index contributed by atoms with van der Waals surface area (Å²) in [6.07, 6.45) is 3.79. The van der Waals surface area contributed by atoms with Gasteiger partial charge in [-0.15, -0.1) is 0 Å². The molecule has 0 saturated carbocycles. The molecule has 0 aliphatic carbocycles. The van der Waals surface area contributed by atoms with Gasteiger partial charge in [-0.2, -0.15) is 18.4 Å². The van der Waals surface area contributed by atoms with Crippen LogP contribution in [0.2, 0.25) is 0 Å². The Morgan fingerprint density at radius 3 is 2.69 bits per heavy atom. The molecule has 0 spiro atoms. The molecular weight excluding hydrogens is 350 g/mol. The highest BCUT2D eigenvalue weighted by Crippen LogP contribution is 2.32. The van der Waals surface area contributed by atoms with E-state index >= 15 is 0 Å². The third-order valence-corrected chi connectivity index (χ3v) is 5.61. The van der Waals surface area contributed by atoms with Gasteiger partial charge in [0.05, 0.1) is 16.8 Å². The number of nitrogens with two attached hydrogens (primary N) is 1. The average Bonchev–Trinajstić information content (AvgIpc) is 2.79. The molecule has 1 fully saturated rings. The molecule has 7 nitrogen and oxygen atoms in total. The Morgan fingerprint density at radius 2 is 2.00 bits per heavy atom. The van der Waals surface area contributed by atoms with Gasteiger partial charge in [0.2, 0.25) is 0 Å². The zero-order chi connectivity index (χ0) is 18.9. The number of hydrogen-bond donors (Lipinski definition) is 2. The van der Waals surface area contributed by atoms with Crippen molar-refractivity contribution in [3.8, 4) is 6.07 Å². The fraction of sp³-hybridized carbons (Fsp3) is 0.444. The first-order valence-corrected chi connectivity index (χ1v) is 10.2. The highest BCUT2D eigenvalue weighted by atomic mass is 32.2. The van der Waals surface area contributed by atoms with Crippen LogP contribution >= 0.6 is 0 Å². The summed E-state index contributed by atoms with van der Waals surface area (Å²) in [6, 6.07) is 6.19. The van der Waals surface area contributed by atoms with Crippen molar-refractivity contribution in [2.75, 3.05) is 18.0 Å². The zero-order valence-electron chi connectivity index (χ0n) is 15.0. The van der Waals surface area contributed by atoms with Crippen LogP contribution in [-0.2, 0) is 10.2 Å². The van der Waals surface area contributed by atoms with E-state index in [-0.39, 0.29) is 6.04 Å². The number of nitriles is 1. The van der Waals surface area contributed by atoms with Crippen LogP contribution in [0.1, 0.15) is 36.0 Å². The van der Waals surface area contributed by atoms with Crippen LogP contribution in [-0.4, -0.2) is 32.5 Å². The summed E-state index contributed by atoms with van der Waals surface area (Å²) in [7, 11) is -3.71. The van der Waals surface area contributed by atoms with Crippen molar-refractivity contribution in [3.63, 3.8) is 0 Å². The number of pyridine rings is 1. The van der Waals surface area contributed by atoms with Gasteiger partial charge in [-0.3, -0.25) is 4.98 Å². The SMILES string of the molecule is Cc1cc2ncc(C#N)c(N3CCCC(NS(N)(=O)=O)CC3)c2cc1C. The van der Waals surface area contributed by atoms with Crippen LogP contribution in [0.15, 0.2) is 18.3 Å². The second-order valence-electron chi connectivity index (χ2n) is 6.86. The molecule has 1 saturated heterocycles. The van der Waals surface area contributed by atoms with Gasteiger partial charge in [0.1, 0.15) is 6.07 Å². The van der Waals surface area contributed by atoms with E-state index in [1.807, 2.05) is 19.9 Å². The minimum atomic E-state index is -3.71. The van der Waals surface area contributed by atoms with Crippen LogP contribution in [0.4, 0.5) is 5.69 Å². The molecule has 0 amide bonds. The van der Waals surface area contributed by atoms with Crippen LogP contribution in [0.3, 0.4) is 0 Å². The molecule has 1 aromatic heterocycles. The molecule has 8 heteroatoms. The molecule has 0 radical (unpaired) electrons. The van der Waals surface area contributed by atoms with E-state index in [1.165, 1.54) is 0 Å². The van der Waals surface area contributed by atoms with E-state index in [1.54, 1.807) is 6.20 Å². The fourth-order valence-corrected chi connectivity index (χ4v) is 4.23. The molecule has 1 unspecified atom stereocenters. The Labute approximate surface area is 154 Å². The molecule has 1 aliphatic rings. The first-order chi connectivity index (χ1) is 12.3.